The minimum atomic E-state index is -1.68. The molecule has 0 saturated carbocycles. The number of nitro groups is 1. The summed E-state index contributed by atoms with van der Waals surface area (Å²) < 4.78 is 5.54. The van der Waals surface area contributed by atoms with Crippen molar-refractivity contribution in [2.45, 2.75) is 12.3 Å². The molecule has 136 valence electrons. The summed E-state index contributed by atoms with van der Waals surface area (Å²) in [4.78, 5) is 34.9. The third-order valence-corrected chi connectivity index (χ3v) is 5.04. The van der Waals surface area contributed by atoms with Crippen molar-refractivity contribution in [2.75, 3.05) is 7.11 Å². The van der Waals surface area contributed by atoms with E-state index in [2.05, 4.69) is 0 Å². The fraction of sp³-hybridized carbons (Fsp3) is 0.176. The highest BCUT2D eigenvalue weighted by Crippen LogP contribution is 2.42. The second kappa shape index (κ2) is 7.58. The van der Waals surface area contributed by atoms with Crippen LogP contribution >= 0.6 is 34.2 Å². The molecule has 0 aliphatic rings. The van der Waals surface area contributed by atoms with Crippen molar-refractivity contribution in [1.82, 2.24) is 0 Å². The molecular weight excluding hydrogens is 477 g/mol. The second-order valence-electron chi connectivity index (χ2n) is 5.53. The van der Waals surface area contributed by atoms with E-state index in [0.717, 1.165) is 7.11 Å². The van der Waals surface area contributed by atoms with Crippen LogP contribution < -0.4 is 0 Å². The normalized spacial score (nSPS) is 12.9. The van der Waals surface area contributed by atoms with Gasteiger partial charge in [-0.25, -0.2) is 4.79 Å². The average Bonchev–Trinajstić information content (AvgIpc) is 2.60. The molecule has 1 atom stereocenters. The number of carbonyl (C=O) groups is 2. The number of rotatable bonds is 5. The lowest BCUT2D eigenvalue weighted by Gasteiger charge is -2.28. The van der Waals surface area contributed by atoms with Crippen molar-refractivity contribution in [3.63, 3.8) is 0 Å². The number of aromatic carboxylic acids is 1. The van der Waals surface area contributed by atoms with E-state index in [4.69, 9.17) is 16.3 Å². The number of methoxy groups -OCH3 is 1. The highest BCUT2D eigenvalue weighted by atomic mass is 127. The van der Waals surface area contributed by atoms with Crippen molar-refractivity contribution in [3.05, 3.63) is 71.8 Å². The Bertz CT molecular complexity index is 916. The van der Waals surface area contributed by atoms with Gasteiger partial charge in [-0.1, -0.05) is 11.6 Å². The van der Waals surface area contributed by atoms with Crippen molar-refractivity contribution in [1.29, 1.82) is 0 Å². The summed E-state index contributed by atoms with van der Waals surface area (Å²) in [5.74, 6) is -2.01. The van der Waals surface area contributed by atoms with Crippen LogP contribution in [0.2, 0.25) is 5.02 Å². The van der Waals surface area contributed by atoms with E-state index in [1.165, 1.54) is 43.3 Å². The van der Waals surface area contributed by atoms with Crippen LogP contribution in [0.5, 0.6) is 0 Å². The third kappa shape index (κ3) is 3.51. The quantitative estimate of drug-likeness (QED) is 0.294. The number of esters is 1. The van der Waals surface area contributed by atoms with Crippen LogP contribution in [-0.4, -0.2) is 29.1 Å². The van der Waals surface area contributed by atoms with Crippen LogP contribution in [0, 0.1) is 13.7 Å². The predicted molar refractivity (Wildman–Crippen MR) is 103 cm³/mol. The Morgan fingerprint density at radius 2 is 1.88 bits per heavy atom. The summed E-state index contributed by atoms with van der Waals surface area (Å²) in [6.07, 6.45) is 0. The van der Waals surface area contributed by atoms with Gasteiger partial charge in [-0.2, -0.15) is 0 Å². The minimum Gasteiger partial charge on any atom is -0.478 e. The zero-order valence-electron chi connectivity index (χ0n) is 13.7. The molecule has 0 amide bonds. The van der Waals surface area contributed by atoms with Crippen molar-refractivity contribution >= 4 is 51.8 Å². The molecule has 26 heavy (non-hydrogen) atoms. The Labute approximate surface area is 167 Å². The van der Waals surface area contributed by atoms with Crippen LogP contribution in [-0.2, 0) is 14.9 Å². The summed E-state index contributed by atoms with van der Waals surface area (Å²) in [5, 5.41) is 20.9. The maximum absolute atomic E-state index is 12.7. The predicted octanol–water partition coefficient (Wildman–Crippen LogP) is 4.03. The molecule has 0 spiro atoms. The lowest BCUT2D eigenvalue weighted by Crippen LogP contribution is -2.36. The number of nitro benzene ring substituents is 1. The molecule has 0 heterocycles. The smallest absolute Gasteiger partial charge is 0.335 e. The largest absolute Gasteiger partial charge is 0.478 e. The van der Waals surface area contributed by atoms with Gasteiger partial charge in [0.2, 0.25) is 0 Å². The van der Waals surface area contributed by atoms with Crippen LogP contribution in [0.1, 0.15) is 28.4 Å². The number of carboxylic acids is 1. The Morgan fingerprint density at radius 1 is 1.23 bits per heavy atom. The van der Waals surface area contributed by atoms with Gasteiger partial charge in [-0.05, 0) is 65.4 Å². The van der Waals surface area contributed by atoms with Gasteiger partial charge in [-0.15, -0.1) is 0 Å². The van der Waals surface area contributed by atoms with Gasteiger partial charge >= 0.3 is 11.9 Å². The summed E-state index contributed by atoms with van der Waals surface area (Å²) in [5.41, 5.74) is -1.91. The zero-order chi connectivity index (χ0) is 19.6. The summed E-state index contributed by atoms with van der Waals surface area (Å²) >= 11 is 8.20. The fourth-order valence-electron chi connectivity index (χ4n) is 2.68. The fourth-order valence-corrected chi connectivity index (χ4v) is 3.48. The molecule has 2 rings (SSSR count). The molecule has 0 bridgehead atoms. The average molecular weight is 490 g/mol. The maximum atomic E-state index is 12.7. The molecule has 9 heteroatoms. The first-order valence-corrected chi connectivity index (χ1v) is 8.64. The number of benzene rings is 2. The Kier molecular flexibility index (Phi) is 5.87. The number of halogens is 2. The van der Waals surface area contributed by atoms with Gasteiger partial charge in [0.1, 0.15) is 5.41 Å². The van der Waals surface area contributed by atoms with E-state index >= 15 is 0 Å². The Hall–Kier alpha value is -2.20. The molecular formula is C17H13ClINO6. The molecule has 0 saturated heterocycles. The summed E-state index contributed by atoms with van der Waals surface area (Å²) in [6, 6.07) is 8.16. The van der Waals surface area contributed by atoms with Crippen molar-refractivity contribution in [3.8, 4) is 0 Å². The highest BCUT2D eigenvalue weighted by Gasteiger charge is 2.44. The Morgan fingerprint density at radius 3 is 2.42 bits per heavy atom. The molecule has 1 N–H and O–H groups in total. The molecule has 0 aromatic heterocycles. The van der Waals surface area contributed by atoms with Crippen molar-refractivity contribution in [2.24, 2.45) is 0 Å². The first-order valence-electron chi connectivity index (χ1n) is 7.19. The zero-order valence-corrected chi connectivity index (χ0v) is 16.6. The molecule has 2 aromatic carbocycles. The number of hydrogen-bond acceptors (Lipinski definition) is 5. The molecule has 0 aliphatic carbocycles. The minimum absolute atomic E-state index is 0.0608. The molecule has 2 aromatic rings. The summed E-state index contributed by atoms with van der Waals surface area (Å²) in [7, 11) is 1.15. The topological polar surface area (TPSA) is 107 Å². The van der Waals surface area contributed by atoms with E-state index < -0.39 is 22.3 Å². The number of ether oxygens (including phenoxy) is 1. The van der Waals surface area contributed by atoms with Crippen molar-refractivity contribution < 1.29 is 24.4 Å². The van der Waals surface area contributed by atoms with Gasteiger partial charge in [0.05, 0.1) is 23.2 Å². The first-order chi connectivity index (χ1) is 12.1. The van der Waals surface area contributed by atoms with Gasteiger partial charge in [-0.3, -0.25) is 14.9 Å². The van der Waals surface area contributed by atoms with Crippen LogP contribution in [0.3, 0.4) is 0 Å². The van der Waals surface area contributed by atoms with E-state index in [9.17, 15) is 24.8 Å². The van der Waals surface area contributed by atoms with Crippen LogP contribution in [0.15, 0.2) is 36.4 Å². The number of carbonyl (C=O) groups excluding carboxylic acids is 1. The standard InChI is InChI=1S/C17H13ClINO6/c1-17(16(23)26-2,11-7-9(15(21)22)3-5-13(11)18)12-8-10(19)4-6-14(12)20(24)25/h3-8H,1-2H3,(H,21,22)/t17-/m0/s1. The van der Waals surface area contributed by atoms with E-state index in [0.29, 0.717) is 3.57 Å². The van der Waals surface area contributed by atoms with E-state index in [1.54, 1.807) is 0 Å². The van der Waals surface area contributed by atoms with Gasteiger partial charge in [0.15, 0.2) is 0 Å². The van der Waals surface area contributed by atoms with Crippen LogP contribution in [0.25, 0.3) is 0 Å². The second-order valence-corrected chi connectivity index (χ2v) is 7.19. The lowest BCUT2D eigenvalue weighted by molar-refractivity contribution is -0.385. The molecule has 0 radical (unpaired) electrons. The van der Waals surface area contributed by atoms with Gasteiger partial charge < -0.3 is 9.84 Å². The third-order valence-electron chi connectivity index (χ3n) is 4.04. The number of hydrogen-bond donors (Lipinski definition) is 1. The first kappa shape index (κ1) is 20.1. The number of nitrogens with zero attached hydrogens (tertiary/aromatic N) is 1. The molecule has 0 unspecified atom stereocenters. The lowest BCUT2D eigenvalue weighted by atomic mass is 9.75. The van der Waals surface area contributed by atoms with E-state index in [-0.39, 0.29) is 27.4 Å². The molecule has 0 fully saturated rings. The molecule has 0 aliphatic heterocycles. The number of carboxylic acid groups (broad SMARTS) is 1. The monoisotopic (exact) mass is 489 g/mol. The van der Waals surface area contributed by atoms with Gasteiger partial charge in [0.25, 0.3) is 5.69 Å². The Balaban J connectivity index is 2.91. The van der Waals surface area contributed by atoms with Crippen LogP contribution in [0.4, 0.5) is 5.69 Å². The SMILES string of the molecule is COC(=O)[C@@](C)(c1cc(C(=O)O)ccc1Cl)c1cc(I)ccc1[N+](=O)[O-]. The molecule has 7 nitrogen and oxygen atoms in total. The highest BCUT2D eigenvalue weighted by molar-refractivity contribution is 14.1. The van der Waals surface area contributed by atoms with Gasteiger partial charge in [0, 0.05) is 14.7 Å². The maximum Gasteiger partial charge on any atom is 0.335 e. The summed E-state index contributed by atoms with van der Waals surface area (Å²) in [6.45, 7) is 1.42. The van der Waals surface area contributed by atoms with E-state index in [1.807, 2.05) is 22.6 Å².